The van der Waals surface area contributed by atoms with Gasteiger partial charge in [-0.1, -0.05) is 50.8 Å². The quantitative estimate of drug-likeness (QED) is 0.289. The van der Waals surface area contributed by atoms with Gasteiger partial charge in [0.15, 0.2) is 0 Å². The molecule has 0 aromatic heterocycles. The van der Waals surface area contributed by atoms with Crippen LogP contribution in [0.4, 0.5) is 16.2 Å². The van der Waals surface area contributed by atoms with Crippen molar-refractivity contribution in [2.45, 2.75) is 39.7 Å². The van der Waals surface area contributed by atoms with Gasteiger partial charge in [0.2, 0.25) is 5.91 Å². The zero-order valence-corrected chi connectivity index (χ0v) is 22.6. The second kappa shape index (κ2) is 13.3. The third kappa shape index (κ3) is 7.57. The molecule has 200 valence electrons. The van der Waals surface area contributed by atoms with E-state index in [4.69, 9.17) is 5.84 Å². The highest BCUT2D eigenvalue weighted by molar-refractivity contribution is 5.93. The predicted octanol–water partition coefficient (Wildman–Crippen LogP) is 4.02. The maximum absolute atomic E-state index is 13.1. The molecule has 1 unspecified atom stereocenters. The number of hydrazine groups is 1. The fourth-order valence-electron chi connectivity index (χ4n) is 4.36. The van der Waals surface area contributed by atoms with E-state index in [0.717, 1.165) is 43.1 Å². The number of carbonyl (C=O) groups excluding carboxylic acids is 2. The highest BCUT2D eigenvalue weighted by Crippen LogP contribution is 2.24. The Hall–Kier alpha value is -3.36. The van der Waals surface area contributed by atoms with Gasteiger partial charge in [-0.3, -0.25) is 19.6 Å². The van der Waals surface area contributed by atoms with Crippen molar-refractivity contribution in [1.82, 2.24) is 15.2 Å². The third-order valence-electron chi connectivity index (χ3n) is 6.67. The van der Waals surface area contributed by atoms with Crippen LogP contribution in [0.5, 0.6) is 0 Å². The summed E-state index contributed by atoms with van der Waals surface area (Å²) in [6, 6.07) is 17.5. The summed E-state index contributed by atoms with van der Waals surface area (Å²) in [5, 5.41) is 4.32. The molecule has 37 heavy (non-hydrogen) atoms. The fraction of sp³-hybridized carbons (Fsp3) is 0.448. The number of hydrogen-bond donors (Lipinski definition) is 2. The van der Waals surface area contributed by atoms with Crippen LogP contribution in [0.2, 0.25) is 0 Å². The maximum Gasteiger partial charge on any atom is 0.342 e. The van der Waals surface area contributed by atoms with Crippen LogP contribution in [0.25, 0.3) is 0 Å². The Morgan fingerprint density at radius 3 is 2.16 bits per heavy atom. The molecule has 1 aliphatic rings. The highest BCUT2D eigenvalue weighted by Gasteiger charge is 2.26. The lowest BCUT2D eigenvalue weighted by atomic mass is 9.97. The molecule has 1 saturated heterocycles. The van der Waals surface area contributed by atoms with Crippen LogP contribution in [-0.2, 0) is 4.79 Å². The first kappa shape index (κ1) is 28.2. The number of hydrogen-bond acceptors (Lipinski definition) is 5. The number of rotatable bonds is 10. The lowest BCUT2D eigenvalue weighted by molar-refractivity contribution is -0.123. The molecule has 2 aromatic rings. The summed E-state index contributed by atoms with van der Waals surface area (Å²) in [6.07, 6.45) is 1.48. The van der Waals surface area contributed by atoms with Crippen LogP contribution >= 0.6 is 0 Å². The Morgan fingerprint density at radius 1 is 1.00 bits per heavy atom. The molecule has 0 radical (unpaired) electrons. The van der Waals surface area contributed by atoms with Crippen molar-refractivity contribution in [3.8, 4) is 0 Å². The molecule has 0 bridgehead atoms. The number of nitrogens with two attached hydrogens (primary N) is 1. The molecule has 3 N–H and O–H groups in total. The van der Waals surface area contributed by atoms with Gasteiger partial charge in [-0.2, -0.15) is 0 Å². The molecular weight excluding hydrogens is 464 g/mol. The standard InChI is InChI=1S/C29H42N6O2/c1-6-34(29(37)35(30)23(4)5)26-14-12-25(13-15-26)33-18-16-32(17-19-33)21-27(24-10-8-7-9-11-24)28(36)31-20-22(2)3/h6-15,22-23,27H,1,16-21,30H2,2-5H3,(H,31,36). The topological polar surface area (TPSA) is 85.2 Å². The lowest BCUT2D eigenvalue weighted by Gasteiger charge is -2.37. The zero-order valence-electron chi connectivity index (χ0n) is 22.6. The van der Waals surface area contributed by atoms with E-state index in [9.17, 15) is 9.59 Å². The van der Waals surface area contributed by atoms with Gasteiger partial charge in [-0.25, -0.2) is 10.6 Å². The average Bonchev–Trinajstić information content (AvgIpc) is 2.91. The fourth-order valence-corrected chi connectivity index (χ4v) is 4.36. The van der Waals surface area contributed by atoms with Gasteiger partial charge in [0.1, 0.15) is 0 Å². The van der Waals surface area contributed by atoms with Crippen LogP contribution < -0.4 is 21.0 Å². The number of anilines is 2. The number of piperazine rings is 1. The van der Waals surface area contributed by atoms with Gasteiger partial charge in [-0.15, -0.1) is 0 Å². The van der Waals surface area contributed by atoms with Gasteiger partial charge in [0, 0.05) is 57.2 Å². The average molecular weight is 507 g/mol. The summed E-state index contributed by atoms with van der Waals surface area (Å²) in [5.74, 6) is 6.22. The van der Waals surface area contributed by atoms with E-state index in [1.807, 2.05) is 68.4 Å². The summed E-state index contributed by atoms with van der Waals surface area (Å²) >= 11 is 0. The van der Waals surface area contributed by atoms with Gasteiger partial charge in [-0.05, 0) is 49.6 Å². The first-order valence-electron chi connectivity index (χ1n) is 13.1. The summed E-state index contributed by atoms with van der Waals surface area (Å²) < 4.78 is 0. The lowest BCUT2D eigenvalue weighted by Crippen LogP contribution is -2.49. The molecule has 3 rings (SSSR count). The van der Waals surface area contributed by atoms with Crippen LogP contribution in [0, 0.1) is 5.92 Å². The van der Waals surface area contributed by atoms with Gasteiger partial charge in [0.25, 0.3) is 0 Å². The van der Waals surface area contributed by atoms with Crippen LogP contribution in [0.15, 0.2) is 67.4 Å². The van der Waals surface area contributed by atoms with E-state index in [0.29, 0.717) is 19.0 Å². The Labute approximate surface area is 221 Å². The summed E-state index contributed by atoms with van der Waals surface area (Å²) in [7, 11) is 0. The highest BCUT2D eigenvalue weighted by atomic mass is 16.2. The van der Waals surface area contributed by atoms with Crippen molar-refractivity contribution in [3.63, 3.8) is 0 Å². The van der Waals surface area contributed by atoms with Gasteiger partial charge < -0.3 is 10.2 Å². The second-order valence-corrected chi connectivity index (χ2v) is 10.2. The normalized spacial score (nSPS) is 14.9. The van der Waals surface area contributed by atoms with E-state index >= 15 is 0 Å². The molecular formula is C29H42N6O2. The van der Waals surface area contributed by atoms with E-state index in [2.05, 4.69) is 35.5 Å². The summed E-state index contributed by atoms with van der Waals surface area (Å²) in [4.78, 5) is 31.9. The Morgan fingerprint density at radius 2 is 1.62 bits per heavy atom. The summed E-state index contributed by atoms with van der Waals surface area (Å²) in [6.45, 7) is 16.6. The van der Waals surface area contributed by atoms with Crippen LogP contribution in [0.3, 0.4) is 0 Å². The molecule has 0 aliphatic carbocycles. The minimum absolute atomic E-state index is 0.0905. The Bertz CT molecular complexity index is 1020. The molecule has 1 aliphatic heterocycles. The minimum Gasteiger partial charge on any atom is -0.369 e. The van der Waals surface area contributed by atoms with Crippen molar-refractivity contribution >= 4 is 23.3 Å². The van der Waals surface area contributed by atoms with E-state index in [1.165, 1.54) is 16.1 Å². The van der Waals surface area contributed by atoms with E-state index < -0.39 is 0 Å². The molecule has 1 heterocycles. The zero-order chi connectivity index (χ0) is 26.9. The number of urea groups is 1. The van der Waals surface area contributed by atoms with E-state index in [-0.39, 0.29) is 23.9 Å². The van der Waals surface area contributed by atoms with E-state index in [1.54, 1.807) is 0 Å². The van der Waals surface area contributed by atoms with Crippen molar-refractivity contribution in [1.29, 1.82) is 0 Å². The summed E-state index contributed by atoms with van der Waals surface area (Å²) in [5.41, 5.74) is 2.87. The molecule has 8 nitrogen and oxygen atoms in total. The first-order valence-corrected chi connectivity index (χ1v) is 13.1. The second-order valence-electron chi connectivity index (χ2n) is 10.2. The van der Waals surface area contributed by atoms with Crippen molar-refractivity contribution < 1.29 is 9.59 Å². The number of nitrogens with one attached hydrogen (secondary N) is 1. The Balaban J connectivity index is 1.61. The largest absolute Gasteiger partial charge is 0.369 e. The SMILES string of the molecule is C=CN(C(=O)N(N)C(C)C)c1ccc(N2CCN(CC(C(=O)NCC(C)C)c3ccccc3)CC2)cc1. The van der Waals surface area contributed by atoms with Crippen LogP contribution in [0.1, 0.15) is 39.2 Å². The molecule has 1 atom stereocenters. The van der Waals surface area contributed by atoms with Crippen LogP contribution in [-0.4, -0.2) is 67.2 Å². The first-order chi connectivity index (χ1) is 17.7. The number of amides is 3. The molecule has 3 amide bonds. The number of carbonyl (C=O) groups is 2. The predicted molar refractivity (Wildman–Crippen MR) is 151 cm³/mol. The molecule has 0 spiro atoms. The van der Waals surface area contributed by atoms with Crippen molar-refractivity contribution in [2.75, 3.05) is 49.1 Å². The van der Waals surface area contributed by atoms with Crippen molar-refractivity contribution in [2.24, 2.45) is 11.8 Å². The minimum atomic E-state index is -0.322. The Kier molecular flexibility index (Phi) is 10.1. The van der Waals surface area contributed by atoms with Gasteiger partial charge >= 0.3 is 6.03 Å². The maximum atomic E-state index is 13.1. The molecule has 8 heteroatoms. The monoisotopic (exact) mass is 506 g/mol. The molecule has 2 aromatic carbocycles. The third-order valence-corrected chi connectivity index (χ3v) is 6.67. The smallest absolute Gasteiger partial charge is 0.342 e. The van der Waals surface area contributed by atoms with Crippen molar-refractivity contribution in [3.05, 3.63) is 72.9 Å². The number of benzene rings is 2. The number of nitrogens with zero attached hydrogens (tertiary/aromatic N) is 4. The molecule has 0 saturated carbocycles. The molecule has 1 fully saturated rings. The van der Waals surface area contributed by atoms with Gasteiger partial charge in [0.05, 0.1) is 11.6 Å².